The second kappa shape index (κ2) is 6.44. The van der Waals surface area contributed by atoms with Gasteiger partial charge in [0.2, 0.25) is 0 Å². The molecule has 0 radical (unpaired) electrons. The normalized spacial score (nSPS) is 18.9. The average Bonchev–Trinajstić information content (AvgIpc) is 2.78. The number of carbonyl (C=O) groups is 1. The average molecular weight is 313 g/mol. The highest BCUT2D eigenvalue weighted by molar-refractivity contribution is 7.86. The Morgan fingerprint density at radius 3 is 2.62 bits per heavy atom. The molecule has 0 aliphatic carbocycles. The van der Waals surface area contributed by atoms with Crippen molar-refractivity contribution in [3.05, 3.63) is 29.8 Å². The van der Waals surface area contributed by atoms with Crippen LogP contribution in [0.5, 0.6) is 0 Å². The minimum absolute atomic E-state index is 0.0998. The second-order valence-electron chi connectivity index (χ2n) is 5.00. The van der Waals surface area contributed by atoms with Gasteiger partial charge in [0.15, 0.2) is 0 Å². The lowest BCUT2D eigenvalue weighted by Gasteiger charge is -2.11. The largest absolute Gasteiger partial charge is 0.442 e. The molecule has 1 aliphatic heterocycles. The van der Waals surface area contributed by atoms with Gasteiger partial charge < -0.3 is 9.64 Å². The van der Waals surface area contributed by atoms with E-state index in [0.717, 1.165) is 12.0 Å². The first-order valence-corrected chi connectivity index (χ1v) is 8.25. The molecule has 1 fully saturated rings. The third-order valence-corrected chi connectivity index (χ3v) is 4.46. The Labute approximate surface area is 124 Å². The first kappa shape index (κ1) is 15.8. The molecule has 1 aromatic rings. The SMILES string of the molecule is CCCN1CC(COS(=O)(=O)c2ccc(C)cc2)OC1=O. The number of aryl methyl sites for hydroxylation is 1. The molecule has 0 N–H and O–H groups in total. The summed E-state index contributed by atoms with van der Waals surface area (Å²) in [5.74, 6) is 0. The Hall–Kier alpha value is -1.60. The van der Waals surface area contributed by atoms with Crippen LogP contribution in [0.25, 0.3) is 0 Å². The van der Waals surface area contributed by atoms with Gasteiger partial charge in [-0.3, -0.25) is 4.18 Å². The number of carbonyl (C=O) groups excluding carboxylic acids is 1. The van der Waals surface area contributed by atoms with E-state index in [-0.39, 0.29) is 11.5 Å². The van der Waals surface area contributed by atoms with Crippen molar-refractivity contribution in [3.63, 3.8) is 0 Å². The van der Waals surface area contributed by atoms with Gasteiger partial charge in [-0.15, -0.1) is 0 Å². The molecule has 1 saturated heterocycles. The molecule has 1 amide bonds. The van der Waals surface area contributed by atoms with Crippen LogP contribution in [0, 0.1) is 6.92 Å². The molecular weight excluding hydrogens is 294 g/mol. The predicted molar refractivity (Wildman–Crippen MR) is 76.4 cm³/mol. The number of hydrogen-bond donors (Lipinski definition) is 0. The van der Waals surface area contributed by atoms with Gasteiger partial charge in [-0.1, -0.05) is 24.6 Å². The van der Waals surface area contributed by atoms with Crippen molar-refractivity contribution in [3.8, 4) is 0 Å². The van der Waals surface area contributed by atoms with Gasteiger partial charge in [0.25, 0.3) is 10.1 Å². The van der Waals surface area contributed by atoms with Crippen molar-refractivity contribution < 1.29 is 22.1 Å². The topological polar surface area (TPSA) is 72.9 Å². The minimum atomic E-state index is -3.82. The van der Waals surface area contributed by atoms with Crippen LogP contribution in [-0.4, -0.2) is 45.2 Å². The standard InChI is InChI=1S/C14H19NO5S/c1-3-8-15-9-12(20-14(15)16)10-19-21(17,18)13-6-4-11(2)5-7-13/h4-7,12H,3,8-10H2,1-2H3. The Morgan fingerprint density at radius 2 is 2.00 bits per heavy atom. The highest BCUT2D eigenvalue weighted by Crippen LogP contribution is 2.17. The van der Waals surface area contributed by atoms with E-state index in [0.29, 0.717) is 13.1 Å². The van der Waals surface area contributed by atoms with Crippen LogP contribution in [0.3, 0.4) is 0 Å². The monoisotopic (exact) mass is 313 g/mol. The molecule has 7 heteroatoms. The number of cyclic esters (lactones) is 1. The van der Waals surface area contributed by atoms with E-state index in [1.807, 2.05) is 13.8 Å². The third kappa shape index (κ3) is 3.95. The summed E-state index contributed by atoms with van der Waals surface area (Å²) in [6.45, 7) is 4.62. The molecule has 1 unspecified atom stereocenters. The van der Waals surface area contributed by atoms with Gasteiger partial charge in [-0.25, -0.2) is 4.79 Å². The van der Waals surface area contributed by atoms with E-state index < -0.39 is 22.3 Å². The summed E-state index contributed by atoms with van der Waals surface area (Å²) in [6.07, 6.45) is -0.146. The summed E-state index contributed by atoms with van der Waals surface area (Å²) in [4.78, 5) is 13.2. The second-order valence-corrected chi connectivity index (χ2v) is 6.62. The summed E-state index contributed by atoms with van der Waals surface area (Å²) in [6, 6.07) is 6.40. The van der Waals surface area contributed by atoms with Gasteiger partial charge in [0, 0.05) is 6.54 Å². The van der Waals surface area contributed by atoms with Crippen LogP contribution >= 0.6 is 0 Å². The molecule has 0 spiro atoms. The van der Waals surface area contributed by atoms with Gasteiger partial charge in [0.05, 0.1) is 11.4 Å². The number of ether oxygens (including phenoxy) is 1. The van der Waals surface area contributed by atoms with Crippen LogP contribution in [0.2, 0.25) is 0 Å². The van der Waals surface area contributed by atoms with Crippen molar-refractivity contribution in [1.29, 1.82) is 0 Å². The molecule has 0 bridgehead atoms. The van der Waals surface area contributed by atoms with Crippen molar-refractivity contribution in [2.45, 2.75) is 31.3 Å². The Balaban J connectivity index is 1.94. The number of rotatable bonds is 6. The van der Waals surface area contributed by atoms with Crippen molar-refractivity contribution in [2.75, 3.05) is 19.7 Å². The van der Waals surface area contributed by atoms with Gasteiger partial charge in [-0.2, -0.15) is 8.42 Å². The van der Waals surface area contributed by atoms with Crippen LogP contribution in [-0.2, 0) is 19.0 Å². The molecule has 21 heavy (non-hydrogen) atoms. The fourth-order valence-corrected chi connectivity index (χ4v) is 2.99. The van der Waals surface area contributed by atoms with E-state index in [1.165, 1.54) is 12.1 Å². The highest BCUT2D eigenvalue weighted by Gasteiger charge is 2.32. The maximum absolute atomic E-state index is 12.0. The zero-order valence-corrected chi connectivity index (χ0v) is 12.9. The van der Waals surface area contributed by atoms with Gasteiger partial charge >= 0.3 is 6.09 Å². The zero-order chi connectivity index (χ0) is 15.5. The summed E-state index contributed by atoms with van der Waals surface area (Å²) in [5.41, 5.74) is 0.967. The van der Waals surface area contributed by atoms with Crippen LogP contribution in [0.15, 0.2) is 29.2 Å². The molecule has 0 aromatic heterocycles. The van der Waals surface area contributed by atoms with Gasteiger partial charge in [-0.05, 0) is 25.5 Å². The smallest absolute Gasteiger partial charge is 0.410 e. The Morgan fingerprint density at radius 1 is 1.33 bits per heavy atom. The summed E-state index contributed by atoms with van der Waals surface area (Å²) in [5, 5.41) is 0. The summed E-state index contributed by atoms with van der Waals surface area (Å²) >= 11 is 0. The lowest BCUT2D eigenvalue weighted by atomic mass is 10.2. The predicted octanol–water partition coefficient (Wildman–Crippen LogP) is 1.93. The highest BCUT2D eigenvalue weighted by atomic mass is 32.2. The first-order valence-electron chi connectivity index (χ1n) is 6.84. The van der Waals surface area contributed by atoms with E-state index >= 15 is 0 Å². The zero-order valence-electron chi connectivity index (χ0n) is 12.1. The number of hydrogen-bond acceptors (Lipinski definition) is 5. The lowest BCUT2D eigenvalue weighted by molar-refractivity contribution is 0.104. The molecule has 1 aromatic carbocycles. The number of nitrogens with zero attached hydrogens (tertiary/aromatic N) is 1. The molecule has 2 rings (SSSR count). The van der Waals surface area contributed by atoms with Crippen LogP contribution < -0.4 is 0 Å². The summed E-state index contributed by atoms with van der Waals surface area (Å²) in [7, 11) is -3.82. The van der Waals surface area contributed by atoms with Crippen molar-refractivity contribution in [2.24, 2.45) is 0 Å². The molecule has 1 aliphatic rings. The summed E-state index contributed by atoms with van der Waals surface area (Å²) < 4.78 is 34.1. The molecule has 6 nitrogen and oxygen atoms in total. The van der Waals surface area contributed by atoms with E-state index in [1.54, 1.807) is 17.0 Å². The Bertz CT molecular complexity index is 596. The van der Waals surface area contributed by atoms with Crippen LogP contribution in [0.4, 0.5) is 4.79 Å². The molecule has 0 saturated carbocycles. The van der Waals surface area contributed by atoms with E-state index in [4.69, 9.17) is 8.92 Å². The lowest BCUT2D eigenvalue weighted by Crippen LogP contribution is -2.27. The Kier molecular flexibility index (Phi) is 4.84. The number of amides is 1. The quantitative estimate of drug-likeness (QED) is 0.750. The van der Waals surface area contributed by atoms with Gasteiger partial charge in [0.1, 0.15) is 12.7 Å². The van der Waals surface area contributed by atoms with E-state index in [9.17, 15) is 13.2 Å². The van der Waals surface area contributed by atoms with Crippen molar-refractivity contribution in [1.82, 2.24) is 4.90 Å². The fourth-order valence-electron chi connectivity index (χ4n) is 2.05. The maximum Gasteiger partial charge on any atom is 0.410 e. The maximum atomic E-state index is 12.0. The third-order valence-electron chi connectivity index (χ3n) is 3.16. The molecular formula is C14H19NO5S. The molecule has 1 atom stereocenters. The first-order chi connectivity index (χ1) is 9.92. The van der Waals surface area contributed by atoms with Crippen LogP contribution in [0.1, 0.15) is 18.9 Å². The van der Waals surface area contributed by atoms with Crippen molar-refractivity contribution >= 4 is 16.2 Å². The molecule has 1 heterocycles. The minimum Gasteiger partial charge on any atom is -0.442 e. The van der Waals surface area contributed by atoms with E-state index in [2.05, 4.69) is 0 Å². The fraction of sp³-hybridized carbons (Fsp3) is 0.500. The molecule has 116 valence electrons. The number of benzene rings is 1.